The summed E-state index contributed by atoms with van der Waals surface area (Å²) < 4.78 is 5.35. The Morgan fingerprint density at radius 3 is 2.50 bits per heavy atom. The number of hydrogen-bond donors (Lipinski definition) is 2. The van der Waals surface area contributed by atoms with Crippen LogP contribution in [-0.4, -0.2) is 19.2 Å². The lowest BCUT2D eigenvalue weighted by Gasteiger charge is -2.28. The third kappa shape index (κ3) is 4.00. The molecule has 3 N–H and O–H groups in total. The summed E-state index contributed by atoms with van der Waals surface area (Å²) >= 11 is 0. The second-order valence-corrected chi connectivity index (χ2v) is 5.03. The lowest BCUT2D eigenvalue weighted by Crippen LogP contribution is -2.47. The van der Waals surface area contributed by atoms with Crippen LogP contribution in [0.3, 0.4) is 0 Å². The van der Waals surface area contributed by atoms with Gasteiger partial charge in [-0.25, -0.2) is 0 Å². The minimum absolute atomic E-state index is 0.194. The van der Waals surface area contributed by atoms with Gasteiger partial charge in [0.25, 0.3) is 0 Å². The van der Waals surface area contributed by atoms with E-state index in [0.717, 1.165) is 18.7 Å². The second kappa shape index (κ2) is 7.39. The molecule has 0 spiro atoms. The first-order chi connectivity index (χ1) is 8.60. The van der Waals surface area contributed by atoms with Gasteiger partial charge in [-0.3, -0.25) is 0 Å². The molecule has 0 amide bonds. The Bertz CT molecular complexity index is 352. The van der Waals surface area contributed by atoms with Crippen molar-refractivity contribution in [2.24, 2.45) is 11.7 Å². The fourth-order valence-electron chi connectivity index (χ4n) is 2.21. The Morgan fingerprint density at radius 2 is 1.94 bits per heavy atom. The van der Waals surface area contributed by atoms with Gasteiger partial charge < -0.3 is 15.8 Å². The lowest BCUT2D eigenvalue weighted by molar-refractivity contribution is 0.329. The predicted molar refractivity (Wildman–Crippen MR) is 76.7 cm³/mol. The summed E-state index contributed by atoms with van der Waals surface area (Å²) in [6, 6.07) is 8.62. The van der Waals surface area contributed by atoms with E-state index in [9.17, 15) is 0 Å². The molecular weight excluding hydrogens is 224 g/mol. The molecule has 18 heavy (non-hydrogen) atoms. The molecule has 3 heteroatoms. The number of ether oxygens (including phenoxy) is 1. The normalized spacial score (nSPS) is 14.6. The van der Waals surface area contributed by atoms with Crippen molar-refractivity contribution < 1.29 is 4.74 Å². The lowest BCUT2D eigenvalue weighted by atomic mass is 9.95. The van der Waals surface area contributed by atoms with E-state index >= 15 is 0 Å². The SMILES string of the molecule is CC[C@@H](N)[C@@H](NCc1ccccc1OC)C(C)C. The Hall–Kier alpha value is -1.06. The Labute approximate surface area is 111 Å². The van der Waals surface area contributed by atoms with Crippen LogP contribution < -0.4 is 15.8 Å². The van der Waals surface area contributed by atoms with Gasteiger partial charge in [0.2, 0.25) is 0 Å². The summed E-state index contributed by atoms with van der Waals surface area (Å²) in [5.74, 6) is 1.45. The molecule has 0 bridgehead atoms. The van der Waals surface area contributed by atoms with E-state index < -0.39 is 0 Å². The minimum atomic E-state index is 0.194. The quantitative estimate of drug-likeness (QED) is 0.782. The number of para-hydroxylation sites is 1. The van der Waals surface area contributed by atoms with E-state index in [1.807, 2.05) is 18.2 Å². The number of benzene rings is 1. The number of hydrogen-bond acceptors (Lipinski definition) is 3. The predicted octanol–water partition coefficient (Wildman–Crippen LogP) is 2.55. The molecule has 0 aliphatic heterocycles. The number of methoxy groups -OCH3 is 1. The van der Waals surface area contributed by atoms with Crippen molar-refractivity contribution in [3.63, 3.8) is 0 Å². The van der Waals surface area contributed by atoms with Gasteiger partial charge in [-0.1, -0.05) is 39.0 Å². The van der Waals surface area contributed by atoms with Gasteiger partial charge >= 0.3 is 0 Å². The van der Waals surface area contributed by atoms with Crippen molar-refractivity contribution >= 4 is 0 Å². The van der Waals surface area contributed by atoms with Crippen LogP contribution in [-0.2, 0) is 6.54 Å². The van der Waals surface area contributed by atoms with Crippen molar-refractivity contribution in [1.82, 2.24) is 5.32 Å². The van der Waals surface area contributed by atoms with E-state index in [0.29, 0.717) is 12.0 Å². The molecule has 0 aliphatic carbocycles. The molecule has 102 valence electrons. The molecule has 0 heterocycles. The zero-order valence-corrected chi connectivity index (χ0v) is 11.9. The van der Waals surface area contributed by atoms with Gasteiger partial charge in [0.1, 0.15) is 5.75 Å². The molecule has 1 rings (SSSR count). The maximum Gasteiger partial charge on any atom is 0.123 e. The summed E-state index contributed by atoms with van der Waals surface area (Å²) in [7, 11) is 1.70. The number of rotatable bonds is 7. The molecular formula is C15H26N2O. The van der Waals surface area contributed by atoms with Gasteiger partial charge in [0, 0.05) is 24.2 Å². The topological polar surface area (TPSA) is 47.3 Å². The number of nitrogens with two attached hydrogens (primary N) is 1. The molecule has 1 aromatic rings. The van der Waals surface area contributed by atoms with Gasteiger partial charge in [0.15, 0.2) is 0 Å². The van der Waals surface area contributed by atoms with Crippen LogP contribution in [0.15, 0.2) is 24.3 Å². The Balaban J connectivity index is 2.67. The standard InChI is InChI=1S/C15H26N2O/c1-5-13(16)15(11(2)3)17-10-12-8-6-7-9-14(12)18-4/h6-9,11,13,15,17H,5,10,16H2,1-4H3/t13-,15+/m1/s1. The van der Waals surface area contributed by atoms with Crippen LogP contribution in [0, 0.1) is 5.92 Å². The maximum absolute atomic E-state index is 6.16. The molecule has 0 saturated carbocycles. The van der Waals surface area contributed by atoms with Crippen LogP contribution in [0.5, 0.6) is 5.75 Å². The minimum Gasteiger partial charge on any atom is -0.496 e. The first-order valence-electron chi connectivity index (χ1n) is 6.71. The third-order valence-corrected chi connectivity index (χ3v) is 3.37. The molecule has 0 radical (unpaired) electrons. The highest BCUT2D eigenvalue weighted by Gasteiger charge is 2.19. The van der Waals surface area contributed by atoms with Gasteiger partial charge in [-0.05, 0) is 18.4 Å². The first kappa shape index (κ1) is 15.0. The van der Waals surface area contributed by atoms with E-state index in [1.165, 1.54) is 5.56 Å². The average Bonchev–Trinajstić information content (AvgIpc) is 2.38. The zero-order valence-electron chi connectivity index (χ0n) is 11.9. The molecule has 0 aliphatic rings. The van der Waals surface area contributed by atoms with Crippen LogP contribution in [0.25, 0.3) is 0 Å². The van der Waals surface area contributed by atoms with Crippen LogP contribution in [0.4, 0.5) is 0 Å². The molecule has 3 nitrogen and oxygen atoms in total. The van der Waals surface area contributed by atoms with Crippen molar-refractivity contribution in [3.8, 4) is 5.75 Å². The second-order valence-electron chi connectivity index (χ2n) is 5.03. The van der Waals surface area contributed by atoms with Gasteiger partial charge in [0.05, 0.1) is 7.11 Å². The van der Waals surface area contributed by atoms with E-state index in [4.69, 9.17) is 10.5 Å². The van der Waals surface area contributed by atoms with Crippen molar-refractivity contribution in [3.05, 3.63) is 29.8 Å². The summed E-state index contributed by atoms with van der Waals surface area (Å²) in [6.07, 6.45) is 0.988. The average molecular weight is 250 g/mol. The largest absolute Gasteiger partial charge is 0.496 e. The van der Waals surface area contributed by atoms with Gasteiger partial charge in [-0.2, -0.15) is 0 Å². The Kier molecular flexibility index (Phi) is 6.16. The van der Waals surface area contributed by atoms with Crippen molar-refractivity contribution in [2.45, 2.75) is 45.8 Å². The van der Waals surface area contributed by atoms with E-state index in [1.54, 1.807) is 7.11 Å². The first-order valence-corrected chi connectivity index (χ1v) is 6.71. The molecule has 0 saturated heterocycles. The molecule has 1 aromatic carbocycles. The van der Waals surface area contributed by atoms with Gasteiger partial charge in [-0.15, -0.1) is 0 Å². The van der Waals surface area contributed by atoms with Crippen molar-refractivity contribution in [2.75, 3.05) is 7.11 Å². The van der Waals surface area contributed by atoms with Crippen LogP contribution >= 0.6 is 0 Å². The highest BCUT2D eigenvalue weighted by atomic mass is 16.5. The maximum atomic E-state index is 6.16. The highest BCUT2D eigenvalue weighted by molar-refractivity contribution is 5.33. The number of nitrogens with one attached hydrogen (secondary N) is 1. The molecule has 0 aromatic heterocycles. The molecule has 0 fully saturated rings. The Morgan fingerprint density at radius 1 is 1.28 bits per heavy atom. The third-order valence-electron chi connectivity index (χ3n) is 3.37. The highest BCUT2D eigenvalue weighted by Crippen LogP contribution is 2.18. The van der Waals surface area contributed by atoms with E-state index in [2.05, 4.69) is 32.2 Å². The van der Waals surface area contributed by atoms with Crippen LogP contribution in [0.2, 0.25) is 0 Å². The summed E-state index contributed by atoms with van der Waals surface area (Å²) in [5, 5.41) is 3.56. The molecule has 2 atom stereocenters. The fraction of sp³-hybridized carbons (Fsp3) is 0.600. The summed E-state index contributed by atoms with van der Waals surface area (Å²) in [4.78, 5) is 0. The zero-order chi connectivity index (χ0) is 13.5. The summed E-state index contributed by atoms with van der Waals surface area (Å²) in [6.45, 7) is 7.33. The molecule has 0 unspecified atom stereocenters. The van der Waals surface area contributed by atoms with E-state index in [-0.39, 0.29) is 6.04 Å². The van der Waals surface area contributed by atoms with Crippen LogP contribution in [0.1, 0.15) is 32.8 Å². The monoisotopic (exact) mass is 250 g/mol. The smallest absolute Gasteiger partial charge is 0.123 e. The summed E-state index contributed by atoms with van der Waals surface area (Å²) in [5.41, 5.74) is 7.33. The van der Waals surface area contributed by atoms with Crippen molar-refractivity contribution in [1.29, 1.82) is 0 Å². The fourth-order valence-corrected chi connectivity index (χ4v) is 2.21.